The lowest BCUT2D eigenvalue weighted by Gasteiger charge is -2.27. The van der Waals surface area contributed by atoms with E-state index in [-0.39, 0.29) is 30.3 Å². The molecular formula is C38H34N6O7. The van der Waals surface area contributed by atoms with Gasteiger partial charge in [0, 0.05) is 55.1 Å². The number of aromatic nitrogens is 3. The second kappa shape index (κ2) is 13.6. The molecule has 2 aliphatic rings. The lowest BCUT2D eigenvalue weighted by Crippen LogP contribution is -2.44. The van der Waals surface area contributed by atoms with Crippen LogP contribution < -0.4 is 14.5 Å². The monoisotopic (exact) mass is 686 g/mol. The molecule has 3 heterocycles. The van der Waals surface area contributed by atoms with Gasteiger partial charge in [0.2, 0.25) is 0 Å². The molecule has 1 aromatic heterocycles. The highest BCUT2D eigenvalue weighted by molar-refractivity contribution is 6.14. The fourth-order valence-electron chi connectivity index (χ4n) is 6.53. The van der Waals surface area contributed by atoms with Crippen molar-refractivity contribution in [1.82, 2.24) is 15.0 Å². The number of nitrogens with zero attached hydrogens (tertiary/aromatic N) is 6. The van der Waals surface area contributed by atoms with Crippen LogP contribution in [0, 0.1) is 16.0 Å². The first kappa shape index (κ1) is 33.3. The van der Waals surface area contributed by atoms with Crippen LogP contribution in [0.15, 0.2) is 109 Å². The average molecular weight is 687 g/mol. The number of nitro groups is 1. The fourth-order valence-corrected chi connectivity index (χ4v) is 6.53. The maximum atomic E-state index is 14.1. The molecule has 0 fully saturated rings. The van der Waals surface area contributed by atoms with E-state index in [4.69, 9.17) is 9.84 Å². The van der Waals surface area contributed by atoms with E-state index in [1.165, 1.54) is 23.1 Å². The quantitative estimate of drug-likeness (QED) is 0.0990. The van der Waals surface area contributed by atoms with Crippen LogP contribution in [0.25, 0.3) is 0 Å². The van der Waals surface area contributed by atoms with Crippen molar-refractivity contribution in [2.75, 3.05) is 16.4 Å². The van der Waals surface area contributed by atoms with Gasteiger partial charge in [0.15, 0.2) is 11.4 Å². The number of aryl methyl sites for hydroxylation is 1. The highest BCUT2D eigenvalue weighted by Gasteiger charge is 2.53. The summed E-state index contributed by atoms with van der Waals surface area (Å²) in [7, 11) is 0. The summed E-state index contributed by atoms with van der Waals surface area (Å²) >= 11 is 0. The fraction of sp³-hybridized carbons (Fsp3) is 0.211. The van der Waals surface area contributed by atoms with Crippen LogP contribution in [0.2, 0.25) is 0 Å². The van der Waals surface area contributed by atoms with Gasteiger partial charge in [-0.15, -0.1) is 5.10 Å². The zero-order valence-corrected chi connectivity index (χ0v) is 27.6. The first-order valence-electron chi connectivity index (χ1n) is 16.5. The van der Waals surface area contributed by atoms with E-state index in [9.17, 15) is 24.8 Å². The van der Waals surface area contributed by atoms with E-state index < -0.39 is 22.3 Å². The Hall–Kier alpha value is -6.18. The Morgan fingerprint density at radius 2 is 1.73 bits per heavy atom. The molecule has 2 amide bonds. The van der Waals surface area contributed by atoms with Crippen LogP contribution in [0.4, 0.5) is 22.7 Å². The van der Waals surface area contributed by atoms with Crippen molar-refractivity contribution >= 4 is 34.6 Å². The number of hydrogen-bond donors (Lipinski definition) is 2. The number of amides is 2. The molecule has 0 saturated heterocycles. The van der Waals surface area contributed by atoms with Crippen molar-refractivity contribution in [3.63, 3.8) is 0 Å². The molecule has 51 heavy (non-hydrogen) atoms. The summed E-state index contributed by atoms with van der Waals surface area (Å²) in [4.78, 5) is 42.2. The summed E-state index contributed by atoms with van der Waals surface area (Å²) in [5, 5.41) is 41.0. The van der Waals surface area contributed by atoms with E-state index in [0.29, 0.717) is 64.8 Å². The highest BCUT2D eigenvalue weighted by Crippen LogP contribution is 2.47. The minimum atomic E-state index is -2.06. The highest BCUT2D eigenvalue weighted by atomic mass is 16.6. The van der Waals surface area contributed by atoms with Crippen molar-refractivity contribution in [2.45, 2.75) is 38.5 Å². The Labute approximate surface area is 292 Å². The number of benzene rings is 4. The standard InChI is InChI=1S/C38H34N6O7/c1-25(8-6-7-20-41-24-27(19-21-45)39-40-41)38(48)31-22-29(44(49)50)17-18-32(31)42(37(38)47)23-26-13-15-28(16-14-26)43-33-10-3-5-12-35(33)51-34-11-4-2-9-30(34)36(43)46/h2-6,8-18,22,24-25,45,48H,7,19-21,23H2,1H3/b8-6+/t25-,38+/m0/s1. The van der Waals surface area contributed by atoms with Crippen LogP contribution in [-0.2, 0) is 29.9 Å². The molecule has 7 rings (SSSR count). The Bertz CT molecular complexity index is 2160. The van der Waals surface area contributed by atoms with Crippen molar-refractivity contribution in [3.05, 3.63) is 142 Å². The maximum absolute atomic E-state index is 14.1. The molecule has 0 saturated carbocycles. The Kier molecular flexibility index (Phi) is 8.90. The van der Waals surface area contributed by atoms with Gasteiger partial charge in [0.1, 0.15) is 5.75 Å². The van der Waals surface area contributed by atoms with Crippen LogP contribution in [0.5, 0.6) is 11.5 Å². The number of carbonyl (C=O) groups excluding carboxylic acids is 2. The van der Waals surface area contributed by atoms with E-state index in [2.05, 4.69) is 10.3 Å². The topological polar surface area (TPSA) is 164 Å². The minimum absolute atomic E-state index is 0.0232. The second-order valence-corrected chi connectivity index (χ2v) is 12.4. The van der Waals surface area contributed by atoms with Crippen LogP contribution in [0.3, 0.4) is 0 Å². The largest absolute Gasteiger partial charge is 0.454 e. The summed E-state index contributed by atoms with van der Waals surface area (Å²) in [6, 6.07) is 25.6. The van der Waals surface area contributed by atoms with Crippen molar-refractivity contribution < 1.29 is 29.5 Å². The Morgan fingerprint density at radius 1 is 0.980 bits per heavy atom. The predicted molar refractivity (Wildman–Crippen MR) is 188 cm³/mol. The molecule has 2 aliphatic heterocycles. The van der Waals surface area contributed by atoms with Gasteiger partial charge in [-0.05, 0) is 54.4 Å². The van der Waals surface area contributed by atoms with Gasteiger partial charge in [0.25, 0.3) is 17.5 Å². The third-order valence-corrected chi connectivity index (χ3v) is 9.21. The third-order valence-electron chi connectivity index (χ3n) is 9.21. The van der Waals surface area contributed by atoms with Gasteiger partial charge >= 0.3 is 0 Å². The van der Waals surface area contributed by atoms with Gasteiger partial charge in [-0.1, -0.05) is 60.7 Å². The number of non-ortho nitro benzene ring substituents is 1. The summed E-state index contributed by atoms with van der Waals surface area (Å²) in [6.07, 6.45) is 6.23. The normalized spacial score (nSPS) is 17.2. The molecule has 5 aromatic rings. The van der Waals surface area contributed by atoms with Crippen LogP contribution in [-0.4, -0.2) is 48.6 Å². The lowest BCUT2D eigenvalue weighted by atomic mass is 9.82. The molecule has 2 N–H and O–H groups in total. The van der Waals surface area contributed by atoms with Gasteiger partial charge < -0.3 is 19.8 Å². The number of aliphatic hydroxyl groups is 2. The molecule has 13 nitrogen and oxygen atoms in total. The third kappa shape index (κ3) is 6.13. The minimum Gasteiger partial charge on any atom is -0.454 e. The molecular weight excluding hydrogens is 652 g/mol. The molecule has 13 heteroatoms. The molecule has 2 atom stereocenters. The zero-order chi connectivity index (χ0) is 35.7. The summed E-state index contributed by atoms with van der Waals surface area (Å²) in [5.41, 5.74) is 1.21. The number of allylic oxidation sites excluding steroid dienone is 1. The Balaban J connectivity index is 1.14. The predicted octanol–water partition coefficient (Wildman–Crippen LogP) is 5.82. The number of carbonyl (C=O) groups is 2. The van der Waals surface area contributed by atoms with E-state index in [1.807, 2.05) is 30.3 Å². The maximum Gasteiger partial charge on any atom is 0.269 e. The van der Waals surface area contributed by atoms with Crippen LogP contribution in [0.1, 0.15) is 40.5 Å². The number of rotatable bonds is 11. The van der Waals surface area contributed by atoms with Gasteiger partial charge in [-0.2, -0.15) is 0 Å². The molecule has 258 valence electrons. The number of para-hydroxylation sites is 3. The van der Waals surface area contributed by atoms with Crippen molar-refractivity contribution in [2.24, 2.45) is 5.92 Å². The SMILES string of the molecule is C[C@@H](/C=C/CCn1cc(CCO)nn1)[C@]1(O)C(=O)N(Cc2ccc(N3C(=O)c4ccccc4Oc4ccccc43)cc2)c2ccc([N+](=O)[O-])cc21. The number of fused-ring (bicyclic) bond motifs is 3. The Morgan fingerprint density at radius 3 is 2.49 bits per heavy atom. The molecule has 0 spiro atoms. The smallest absolute Gasteiger partial charge is 0.269 e. The van der Waals surface area contributed by atoms with Gasteiger partial charge in [-0.25, -0.2) is 0 Å². The number of hydrogen-bond acceptors (Lipinski definition) is 9. The van der Waals surface area contributed by atoms with Crippen molar-refractivity contribution in [3.8, 4) is 11.5 Å². The second-order valence-electron chi connectivity index (χ2n) is 12.4. The number of nitro benzene ring substituents is 1. The average Bonchev–Trinajstić information content (AvgIpc) is 3.63. The van der Waals surface area contributed by atoms with Crippen LogP contribution >= 0.6 is 0 Å². The molecule has 0 unspecified atom stereocenters. The number of anilines is 3. The van der Waals surface area contributed by atoms with E-state index in [1.54, 1.807) is 77.3 Å². The summed E-state index contributed by atoms with van der Waals surface area (Å²) in [5.74, 6) is -0.609. The number of aliphatic hydroxyl groups excluding tert-OH is 1. The molecule has 4 aromatic carbocycles. The number of ether oxygens (including phenoxy) is 1. The first-order chi connectivity index (χ1) is 24.7. The van der Waals surface area contributed by atoms with Gasteiger partial charge in [0.05, 0.1) is 34.1 Å². The van der Waals surface area contributed by atoms with E-state index >= 15 is 0 Å². The molecule has 0 aliphatic carbocycles. The molecule has 0 radical (unpaired) electrons. The lowest BCUT2D eigenvalue weighted by molar-refractivity contribution is -0.385. The molecule has 0 bridgehead atoms. The van der Waals surface area contributed by atoms with Gasteiger partial charge in [-0.3, -0.25) is 29.3 Å². The summed E-state index contributed by atoms with van der Waals surface area (Å²) in [6.45, 7) is 2.24. The zero-order valence-electron chi connectivity index (χ0n) is 27.6. The van der Waals surface area contributed by atoms with E-state index in [0.717, 1.165) is 0 Å². The first-order valence-corrected chi connectivity index (χ1v) is 16.5. The summed E-state index contributed by atoms with van der Waals surface area (Å²) < 4.78 is 7.76. The van der Waals surface area contributed by atoms with Crippen molar-refractivity contribution in [1.29, 1.82) is 0 Å².